The third-order valence-electron chi connectivity index (χ3n) is 2.58. The Morgan fingerprint density at radius 3 is 2.56 bits per heavy atom. The van der Waals surface area contributed by atoms with Gasteiger partial charge in [0, 0.05) is 15.3 Å². The molecule has 0 aliphatic carbocycles. The fourth-order valence-electron chi connectivity index (χ4n) is 1.72. The normalized spacial score (nSPS) is 12.7. The molecule has 0 amide bonds. The predicted octanol–water partition coefficient (Wildman–Crippen LogP) is 3.65. The Labute approximate surface area is 116 Å². The maximum absolute atomic E-state index is 14.0. The summed E-state index contributed by atoms with van der Waals surface area (Å²) in [5.74, 6) is 4.19. The number of hydrazine groups is 1. The average Bonchev–Trinajstić information content (AvgIpc) is 2.76. The number of thiophene rings is 1. The fourth-order valence-corrected chi connectivity index (χ4v) is 3.02. The van der Waals surface area contributed by atoms with Gasteiger partial charge in [-0.25, -0.2) is 14.2 Å². The van der Waals surface area contributed by atoms with Gasteiger partial charge in [-0.05, 0) is 47.1 Å². The molecule has 18 heavy (non-hydrogen) atoms. The van der Waals surface area contributed by atoms with Crippen molar-refractivity contribution < 1.29 is 8.78 Å². The van der Waals surface area contributed by atoms with Gasteiger partial charge in [0.25, 0.3) is 0 Å². The van der Waals surface area contributed by atoms with E-state index < -0.39 is 17.7 Å². The highest BCUT2D eigenvalue weighted by atomic mass is 79.9. The highest BCUT2D eigenvalue weighted by Crippen LogP contribution is 2.33. The number of nitrogens with one attached hydrogen (secondary N) is 1. The summed E-state index contributed by atoms with van der Waals surface area (Å²) in [7, 11) is 0. The van der Waals surface area contributed by atoms with Gasteiger partial charge < -0.3 is 0 Å². The summed E-state index contributed by atoms with van der Waals surface area (Å²) >= 11 is 4.50. The minimum atomic E-state index is -0.693. The fraction of sp³-hybridized carbons (Fsp3) is 0.167. The molecule has 0 saturated carbocycles. The quantitative estimate of drug-likeness (QED) is 0.511. The van der Waals surface area contributed by atoms with Gasteiger partial charge in [0.2, 0.25) is 0 Å². The lowest BCUT2D eigenvalue weighted by molar-refractivity contribution is 0.510. The molecule has 1 aromatic heterocycles. The van der Waals surface area contributed by atoms with Crippen molar-refractivity contribution in [2.75, 3.05) is 0 Å². The smallest absolute Gasteiger partial charge is 0.145 e. The van der Waals surface area contributed by atoms with Crippen LogP contribution in [-0.2, 0) is 0 Å². The molecule has 0 aliphatic rings. The lowest BCUT2D eigenvalue weighted by atomic mass is 10.0. The topological polar surface area (TPSA) is 38.0 Å². The second-order valence-corrected chi connectivity index (χ2v) is 5.98. The van der Waals surface area contributed by atoms with Gasteiger partial charge in [0.05, 0.1) is 10.5 Å². The van der Waals surface area contributed by atoms with Gasteiger partial charge >= 0.3 is 0 Å². The molecular formula is C12H11BrF2N2S. The molecule has 0 saturated heterocycles. The van der Waals surface area contributed by atoms with Crippen molar-refractivity contribution in [3.8, 4) is 0 Å². The van der Waals surface area contributed by atoms with Gasteiger partial charge in [0.1, 0.15) is 11.6 Å². The van der Waals surface area contributed by atoms with Crippen LogP contribution in [0.2, 0.25) is 0 Å². The summed E-state index contributed by atoms with van der Waals surface area (Å²) in [5.41, 5.74) is 2.39. The molecule has 6 heteroatoms. The first kappa shape index (κ1) is 13.6. The van der Waals surface area contributed by atoms with E-state index >= 15 is 0 Å². The van der Waals surface area contributed by atoms with Crippen LogP contribution in [0, 0.1) is 18.6 Å². The Morgan fingerprint density at radius 2 is 2.00 bits per heavy atom. The number of halogens is 3. The number of hydrogen-bond donors (Lipinski definition) is 2. The van der Waals surface area contributed by atoms with Crippen molar-refractivity contribution >= 4 is 27.3 Å². The molecule has 1 aromatic carbocycles. The van der Waals surface area contributed by atoms with Crippen molar-refractivity contribution in [2.24, 2.45) is 5.84 Å². The maximum Gasteiger partial charge on any atom is 0.145 e. The number of aryl methyl sites for hydroxylation is 1. The monoisotopic (exact) mass is 332 g/mol. The standard InChI is InChI=1S/C12H11BrF2N2S/c1-6-2-5-9(18-6)12(17-16)10-8(14)4-3-7(13)11(10)15/h2-5,12,17H,16H2,1H3. The van der Waals surface area contributed by atoms with E-state index in [0.717, 1.165) is 9.75 Å². The van der Waals surface area contributed by atoms with E-state index in [1.165, 1.54) is 23.5 Å². The van der Waals surface area contributed by atoms with Crippen LogP contribution in [0.3, 0.4) is 0 Å². The van der Waals surface area contributed by atoms with Crippen LogP contribution in [0.1, 0.15) is 21.4 Å². The van der Waals surface area contributed by atoms with Crippen LogP contribution < -0.4 is 11.3 Å². The molecular weight excluding hydrogens is 322 g/mol. The minimum Gasteiger partial charge on any atom is -0.271 e. The van der Waals surface area contributed by atoms with E-state index in [1.54, 1.807) is 0 Å². The zero-order valence-corrected chi connectivity index (χ0v) is 11.9. The first-order valence-corrected chi connectivity index (χ1v) is 6.81. The summed E-state index contributed by atoms with van der Waals surface area (Å²) < 4.78 is 28.0. The second kappa shape index (κ2) is 5.44. The van der Waals surface area contributed by atoms with Crippen molar-refractivity contribution in [1.29, 1.82) is 0 Å². The van der Waals surface area contributed by atoms with Gasteiger partial charge in [-0.1, -0.05) is 0 Å². The number of hydrogen-bond acceptors (Lipinski definition) is 3. The first-order valence-electron chi connectivity index (χ1n) is 5.20. The summed E-state index contributed by atoms with van der Waals surface area (Å²) in [5, 5.41) is 0. The van der Waals surface area contributed by atoms with Crippen LogP contribution in [0.5, 0.6) is 0 Å². The Bertz CT molecular complexity index is 571. The van der Waals surface area contributed by atoms with E-state index in [-0.39, 0.29) is 10.0 Å². The highest BCUT2D eigenvalue weighted by Gasteiger charge is 2.23. The third kappa shape index (κ3) is 2.47. The Morgan fingerprint density at radius 1 is 1.28 bits per heavy atom. The molecule has 0 bridgehead atoms. The summed E-state index contributed by atoms with van der Waals surface area (Å²) in [6.07, 6.45) is 0. The summed E-state index contributed by atoms with van der Waals surface area (Å²) in [6, 6.07) is 5.55. The van der Waals surface area contributed by atoms with E-state index in [9.17, 15) is 8.78 Å². The summed E-state index contributed by atoms with van der Waals surface area (Å²) in [6.45, 7) is 1.93. The largest absolute Gasteiger partial charge is 0.271 e. The first-order chi connectivity index (χ1) is 8.54. The van der Waals surface area contributed by atoms with Gasteiger partial charge in [-0.2, -0.15) is 0 Å². The van der Waals surface area contributed by atoms with Crippen LogP contribution in [0.4, 0.5) is 8.78 Å². The number of rotatable bonds is 3. The average molecular weight is 333 g/mol. The zero-order valence-electron chi connectivity index (χ0n) is 9.51. The minimum absolute atomic E-state index is 0.0753. The molecule has 1 unspecified atom stereocenters. The molecule has 0 spiro atoms. The SMILES string of the molecule is Cc1ccc(C(NN)c2c(F)ccc(Br)c2F)s1. The van der Waals surface area contributed by atoms with Crippen LogP contribution >= 0.6 is 27.3 Å². The predicted molar refractivity (Wildman–Crippen MR) is 72.3 cm³/mol. The van der Waals surface area contributed by atoms with Crippen LogP contribution in [0.15, 0.2) is 28.7 Å². The molecule has 2 rings (SSSR count). The summed E-state index contributed by atoms with van der Waals surface area (Å²) in [4.78, 5) is 1.83. The van der Waals surface area contributed by atoms with Gasteiger partial charge in [0.15, 0.2) is 0 Å². The van der Waals surface area contributed by atoms with Crippen LogP contribution in [0.25, 0.3) is 0 Å². The lowest BCUT2D eigenvalue weighted by Crippen LogP contribution is -2.29. The van der Waals surface area contributed by atoms with Gasteiger partial charge in [-0.3, -0.25) is 5.84 Å². The van der Waals surface area contributed by atoms with E-state index in [4.69, 9.17) is 5.84 Å². The molecule has 1 heterocycles. The third-order valence-corrected chi connectivity index (χ3v) is 4.26. The second-order valence-electron chi connectivity index (χ2n) is 3.80. The zero-order chi connectivity index (χ0) is 13.3. The molecule has 0 fully saturated rings. The molecule has 0 aliphatic heterocycles. The number of nitrogens with two attached hydrogens (primary N) is 1. The molecule has 2 nitrogen and oxygen atoms in total. The van der Waals surface area contributed by atoms with E-state index in [0.29, 0.717) is 0 Å². The Hall–Kier alpha value is -0.820. The van der Waals surface area contributed by atoms with E-state index in [2.05, 4.69) is 21.4 Å². The molecule has 2 aromatic rings. The highest BCUT2D eigenvalue weighted by molar-refractivity contribution is 9.10. The van der Waals surface area contributed by atoms with Gasteiger partial charge in [-0.15, -0.1) is 11.3 Å². The molecule has 96 valence electrons. The molecule has 1 atom stereocenters. The lowest BCUT2D eigenvalue weighted by Gasteiger charge is -2.17. The maximum atomic E-state index is 14.0. The van der Waals surface area contributed by atoms with Crippen molar-refractivity contribution in [3.63, 3.8) is 0 Å². The Kier molecular flexibility index (Phi) is 4.11. The van der Waals surface area contributed by atoms with Crippen molar-refractivity contribution in [2.45, 2.75) is 13.0 Å². The Balaban J connectivity index is 2.55. The number of benzene rings is 1. The molecule has 3 N–H and O–H groups in total. The van der Waals surface area contributed by atoms with Crippen molar-refractivity contribution in [1.82, 2.24) is 5.43 Å². The van der Waals surface area contributed by atoms with Crippen LogP contribution in [-0.4, -0.2) is 0 Å². The van der Waals surface area contributed by atoms with E-state index in [1.807, 2.05) is 19.1 Å². The van der Waals surface area contributed by atoms with Crippen molar-refractivity contribution in [3.05, 3.63) is 55.7 Å². The molecule has 0 radical (unpaired) electrons.